The highest BCUT2D eigenvalue weighted by atomic mass is 16.5. The van der Waals surface area contributed by atoms with Gasteiger partial charge in [-0.2, -0.15) is 0 Å². The summed E-state index contributed by atoms with van der Waals surface area (Å²) in [5.41, 5.74) is 8.08. The number of hydrogen-bond donors (Lipinski definition) is 1. The molecular weight excluding hydrogens is 212 g/mol. The number of para-hydroxylation sites is 2. The molecule has 0 bridgehead atoms. The number of ether oxygens (including phenoxy) is 1. The molecule has 1 aromatic rings. The highest BCUT2D eigenvalue weighted by Crippen LogP contribution is 2.27. The summed E-state index contributed by atoms with van der Waals surface area (Å²) in [6, 6.07) is 8.12. The van der Waals surface area contributed by atoms with Crippen molar-refractivity contribution in [3.8, 4) is 0 Å². The lowest BCUT2D eigenvalue weighted by Crippen LogP contribution is -2.37. The van der Waals surface area contributed by atoms with E-state index in [-0.39, 0.29) is 0 Å². The molecular formula is C14H22N2O. The molecule has 17 heavy (non-hydrogen) atoms. The molecule has 1 saturated heterocycles. The number of benzene rings is 1. The number of hydrogen-bond acceptors (Lipinski definition) is 3. The molecule has 1 heterocycles. The molecule has 1 fully saturated rings. The van der Waals surface area contributed by atoms with Crippen molar-refractivity contribution >= 4 is 11.4 Å². The molecule has 2 N–H and O–H groups in total. The van der Waals surface area contributed by atoms with Gasteiger partial charge in [0.1, 0.15) is 0 Å². The van der Waals surface area contributed by atoms with Crippen LogP contribution in [-0.4, -0.2) is 26.3 Å². The van der Waals surface area contributed by atoms with Gasteiger partial charge < -0.3 is 15.4 Å². The van der Waals surface area contributed by atoms with Crippen molar-refractivity contribution in [3.63, 3.8) is 0 Å². The molecule has 1 atom stereocenters. The molecule has 0 saturated carbocycles. The van der Waals surface area contributed by atoms with Crippen molar-refractivity contribution in [2.45, 2.75) is 19.8 Å². The van der Waals surface area contributed by atoms with E-state index in [9.17, 15) is 0 Å². The highest BCUT2D eigenvalue weighted by molar-refractivity contribution is 5.67. The third-order valence-corrected chi connectivity index (χ3v) is 3.35. The molecule has 1 aromatic carbocycles. The Kier molecular flexibility index (Phi) is 4.26. The van der Waals surface area contributed by atoms with Crippen LogP contribution in [0, 0.1) is 5.92 Å². The first kappa shape index (κ1) is 12.2. The van der Waals surface area contributed by atoms with Crippen LogP contribution >= 0.6 is 0 Å². The van der Waals surface area contributed by atoms with Crippen molar-refractivity contribution in [1.29, 1.82) is 0 Å². The smallest absolute Gasteiger partial charge is 0.0600 e. The minimum atomic E-state index is 0.642. The molecule has 0 unspecified atom stereocenters. The Morgan fingerprint density at radius 1 is 1.41 bits per heavy atom. The fraction of sp³-hybridized carbons (Fsp3) is 0.571. The summed E-state index contributed by atoms with van der Waals surface area (Å²) in [6.45, 7) is 5.91. The van der Waals surface area contributed by atoms with Gasteiger partial charge in [-0.05, 0) is 37.8 Å². The number of piperidine rings is 1. The lowest BCUT2D eigenvalue weighted by atomic mass is 9.98. The normalized spacial score (nSPS) is 20.5. The molecule has 3 heteroatoms. The van der Waals surface area contributed by atoms with Crippen LogP contribution in [0.1, 0.15) is 19.8 Å². The molecule has 1 aliphatic heterocycles. The molecule has 0 radical (unpaired) electrons. The van der Waals surface area contributed by atoms with E-state index in [2.05, 4.69) is 24.0 Å². The lowest BCUT2D eigenvalue weighted by Gasteiger charge is -2.34. The fourth-order valence-corrected chi connectivity index (χ4v) is 2.48. The molecule has 2 rings (SSSR count). The van der Waals surface area contributed by atoms with Gasteiger partial charge in [0, 0.05) is 19.7 Å². The van der Waals surface area contributed by atoms with Gasteiger partial charge in [0.15, 0.2) is 0 Å². The predicted octanol–water partition coefficient (Wildman–Crippen LogP) is 2.52. The zero-order valence-corrected chi connectivity index (χ0v) is 10.6. The van der Waals surface area contributed by atoms with E-state index >= 15 is 0 Å². The average Bonchev–Trinajstić information content (AvgIpc) is 2.37. The van der Waals surface area contributed by atoms with Crippen LogP contribution in [-0.2, 0) is 4.74 Å². The van der Waals surface area contributed by atoms with Gasteiger partial charge in [-0.25, -0.2) is 0 Å². The summed E-state index contributed by atoms with van der Waals surface area (Å²) >= 11 is 0. The van der Waals surface area contributed by atoms with E-state index in [0.29, 0.717) is 5.92 Å². The molecule has 0 spiro atoms. The summed E-state index contributed by atoms with van der Waals surface area (Å²) in [4.78, 5) is 2.39. The van der Waals surface area contributed by atoms with E-state index in [1.54, 1.807) is 0 Å². The summed E-state index contributed by atoms with van der Waals surface area (Å²) in [5.74, 6) is 0.642. The van der Waals surface area contributed by atoms with Crippen LogP contribution in [0.4, 0.5) is 11.4 Å². The maximum atomic E-state index is 6.02. The molecule has 94 valence electrons. The van der Waals surface area contributed by atoms with Crippen molar-refractivity contribution in [1.82, 2.24) is 0 Å². The Labute approximate surface area is 104 Å². The summed E-state index contributed by atoms with van der Waals surface area (Å²) in [5, 5.41) is 0. The molecule has 0 aliphatic carbocycles. The third-order valence-electron chi connectivity index (χ3n) is 3.35. The van der Waals surface area contributed by atoms with Gasteiger partial charge in [0.05, 0.1) is 18.0 Å². The zero-order chi connectivity index (χ0) is 12.1. The number of anilines is 2. The van der Waals surface area contributed by atoms with Crippen LogP contribution in [0.3, 0.4) is 0 Å². The second-order valence-corrected chi connectivity index (χ2v) is 4.67. The summed E-state index contributed by atoms with van der Waals surface area (Å²) in [6.07, 6.45) is 2.50. The van der Waals surface area contributed by atoms with Gasteiger partial charge in [0.25, 0.3) is 0 Å². The second-order valence-electron chi connectivity index (χ2n) is 4.67. The van der Waals surface area contributed by atoms with E-state index < -0.39 is 0 Å². The Balaban J connectivity index is 1.99. The molecule has 1 aliphatic rings. The first-order chi connectivity index (χ1) is 8.31. The summed E-state index contributed by atoms with van der Waals surface area (Å²) < 4.78 is 5.53. The fourth-order valence-electron chi connectivity index (χ4n) is 2.48. The Morgan fingerprint density at radius 3 is 3.00 bits per heavy atom. The molecule has 3 nitrogen and oxygen atoms in total. The standard InChI is InChI=1S/C14H22N2O/c1-2-17-11-12-6-5-9-16(10-12)14-8-4-3-7-13(14)15/h3-4,7-8,12H,2,5-6,9-11,15H2,1H3/t12-/m0/s1. The van der Waals surface area contributed by atoms with Crippen molar-refractivity contribution < 1.29 is 4.74 Å². The van der Waals surface area contributed by atoms with Crippen molar-refractivity contribution in [2.24, 2.45) is 5.92 Å². The van der Waals surface area contributed by atoms with E-state index in [1.165, 1.54) is 18.5 Å². The van der Waals surface area contributed by atoms with Gasteiger partial charge in [-0.3, -0.25) is 0 Å². The maximum absolute atomic E-state index is 6.02. The van der Waals surface area contributed by atoms with E-state index in [0.717, 1.165) is 32.0 Å². The second kappa shape index (κ2) is 5.92. The van der Waals surface area contributed by atoms with Crippen molar-refractivity contribution in [3.05, 3.63) is 24.3 Å². The Bertz CT molecular complexity index is 354. The zero-order valence-electron chi connectivity index (χ0n) is 10.6. The quantitative estimate of drug-likeness (QED) is 0.814. The number of rotatable bonds is 4. The summed E-state index contributed by atoms with van der Waals surface area (Å²) in [7, 11) is 0. The Morgan fingerprint density at radius 2 is 2.24 bits per heavy atom. The SMILES string of the molecule is CCOC[C@H]1CCCN(c2ccccc2N)C1. The number of nitrogen functional groups attached to an aromatic ring is 1. The van der Waals surface area contributed by atoms with Crippen LogP contribution in [0.5, 0.6) is 0 Å². The largest absolute Gasteiger partial charge is 0.397 e. The monoisotopic (exact) mass is 234 g/mol. The van der Waals surface area contributed by atoms with Gasteiger partial charge >= 0.3 is 0 Å². The Hall–Kier alpha value is -1.22. The van der Waals surface area contributed by atoms with Crippen LogP contribution in [0.2, 0.25) is 0 Å². The van der Waals surface area contributed by atoms with E-state index in [1.807, 2.05) is 12.1 Å². The first-order valence-electron chi connectivity index (χ1n) is 6.48. The average molecular weight is 234 g/mol. The lowest BCUT2D eigenvalue weighted by molar-refractivity contribution is 0.104. The molecule has 0 aromatic heterocycles. The van der Waals surface area contributed by atoms with Gasteiger partial charge in [-0.1, -0.05) is 12.1 Å². The van der Waals surface area contributed by atoms with Crippen molar-refractivity contribution in [2.75, 3.05) is 36.9 Å². The minimum absolute atomic E-state index is 0.642. The van der Waals surface area contributed by atoms with E-state index in [4.69, 9.17) is 10.5 Å². The topological polar surface area (TPSA) is 38.5 Å². The van der Waals surface area contributed by atoms with Crippen LogP contribution < -0.4 is 10.6 Å². The molecule has 0 amide bonds. The van der Waals surface area contributed by atoms with Gasteiger partial charge in [0.2, 0.25) is 0 Å². The van der Waals surface area contributed by atoms with Gasteiger partial charge in [-0.15, -0.1) is 0 Å². The predicted molar refractivity (Wildman–Crippen MR) is 72.3 cm³/mol. The van der Waals surface area contributed by atoms with Crippen LogP contribution in [0.15, 0.2) is 24.3 Å². The highest BCUT2D eigenvalue weighted by Gasteiger charge is 2.21. The number of nitrogens with two attached hydrogens (primary N) is 1. The maximum Gasteiger partial charge on any atom is 0.0600 e. The minimum Gasteiger partial charge on any atom is -0.397 e. The first-order valence-corrected chi connectivity index (χ1v) is 6.48. The van der Waals surface area contributed by atoms with Crippen LogP contribution in [0.25, 0.3) is 0 Å². The number of nitrogens with zero attached hydrogens (tertiary/aromatic N) is 1. The third kappa shape index (κ3) is 3.13.